The minimum absolute atomic E-state index is 0.103. The van der Waals surface area contributed by atoms with Crippen LogP contribution in [-0.4, -0.2) is 5.11 Å². The highest BCUT2D eigenvalue weighted by Gasteiger charge is 2.45. The second-order valence-electron chi connectivity index (χ2n) is 16.8. The van der Waals surface area contributed by atoms with Crippen molar-refractivity contribution >= 4 is 5.57 Å². The maximum Gasteiger partial charge on any atom is 0.422 e. The van der Waals surface area contributed by atoms with Crippen molar-refractivity contribution in [1.82, 2.24) is 0 Å². The fraction of sp³-hybridized carbons (Fsp3) is 0.682. The molecule has 0 heterocycles. The first kappa shape index (κ1) is 43.6. The Morgan fingerprint density at radius 2 is 1.04 bits per heavy atom. The predicted molar refractivity (Wildman–Crippen MR) is 195 cm³/mol. The standard InChI is InChI=1S/C22H29F5O.C22H27F5/c1-2-3-14-4-6-15(7-5-14)16-10-12-21(28,13-11-16)17-8-9-18(23)19(20(17)24)22(25,26)27;1-2-3-14-4-6-15(7-5-14)16-8-10-17(11-9-16)18-12-13-19(23)20(21(18)24)22(25,26)27/h8-9,14-16,28H,2-7,10-13H2,1H3;10,12-16H,2-9,11H2,1H3. The molecule has 1 N–H and O–H groups in total. The van der Waals surface area contributed by atoms with E-state index in [2.05, 4.69) is 13.8 Å². The summed E-state index contributed by atoms with van der Waals surface area (Å²) in [7, 11) is 0. The topological polar surface area (TPSA) is 20.2 Å². The highest BCUT2D eigenvalue weighted by Crippen LogP contribution is 2.48. The van der Waals surface area contributed by atoms with Gasteiger partial charge in [0.05, 0.1) is 5.60 Å². The van der Waals surface area contributed by atoms with Crippen LogP contribution in [0.2, 0.25) is 0 Å². The Hall–Kier alpha value is -2.56. The van der Waals surface area contributed by atoms with Gasteiger partial charge in [-0.2, -0.15) is 26.3 Å². The first-order valence-corrected chi connectivity index (χ1v) is 20.5. The van der Waals surface area contributed by atoms with Crippen molar-refractivity contribution in [3.63, 3.8) is 0 Å². The molecule has 4 aliphatic carbocycles. The van der Waals surface area contributed by atoms with E-state index in [4.69, 9.17) is 0 Å². The minimum atomic E-state index is -5.13. The Balaban J connectivity index is 0.000000211. The van der Waals surface area contributed by atoms with Gasteiger partial charge in [0, 0.05) is 11.1 Å². The molecule has 0 spiro atoms. The molecular formula is C44H56F10O. The second-order valence-corrected chi connectivity index (χ2v) is 16.8. The number of alkyl halides is 6. The molecule has 6 rings (SSSR count). The molecule has 0 saturated heterocycles. The smallest absolute Gasteiger partial charge is 0.385 e. The molecule has 0 aromatic heterocycles. The molecule has 2 aromatic rings. The van der Waals surface area contributed by atoms with Crippen LogP contribution in [0.1, 0.15) is 158 Å². The maximum absolute atomic E-state index is 14.5. The lowest BCUT2D eigenvalue weighted by atomic mass is 9.66. The van der Waals surface area contributed by atoms with E-state index >= 15 is 0 Å². The summed E-state index contributed by atoms with van der Waals surface area (Å²) in [4.78, 5) is 0. The predicted octanol–water partition coefficient (Wildman–Crippen LogP) is 14.7. The van der Waals surface area contributed by atoms with Crippen LogP contribution in [0.4, 0.5) is 43.9 Å². The molecule has 3 fully saturated rings. The third-order valence-electron chi connectivity index (χ3n) is 13.4. The zero-order valence-electron chi connectivity index (χ0n) is 32.0. The SMILES string of the molecule is CCCC1CCC(C2CC=C(c3ccc(F)c(C(F)(F)F)c3F)CC2)CC1.CCCC1CCC(C2CCC(O)(c3ccc(F)c(C(F)(F)F)c3F)CC2)CC1. The average molecular weight is 791 g/mol. The van der Waals surface area contributed by atoms with Crippen molar-refractivity contribution in [1.29, 1.82) is 0 Å². The van der Waals surface area contributed by atoms with Gasteiger partial charge in [-0.25, -0.2) is 17.6 Å². The first-order chi connectivity index (χ1) is 26.0. The van der Waals surface area contributed by atoms with Gasteiger partial charge < -0.3 is 5.11 Å². The van der Waals surface area contributed by atoms with E-state index in [0.29, 0.717) is 54.6 Å². The molecule has 0 bridgehead atoms. The van der Waals surface area contributed by atoms with Gasteiger partial charge in [-0.1, -0.05) is 77.4 Å². The molecule has 1 atom stereocenters. The molecule has 0 aliphatic heterocycles. The van der Waals surface area contributed by atoms with Gasteiger partial charge in [0.2, 0.25) is 0 Å². The van der Waals surface area contributed by atoms with Crippen LogP contribution in [0.15, 0.2) is 30.3 Å². The number of hydrogen-bond acceptors (Lipinski definition) is 1. The van der Waals surface area contributed by atoms with E-state index in [1.807, 2.05) is 6.08 Å². The number of halogens is 10. The Morgan fingerprint density at radius 1 is 0.582 bits per heavy atom. The largest absolute Gasteiger partial charge is 0.422 e. The third-order valence-corrected chi connectivity index (χ3v) is 13.4. The van der Waals surface area contributed by atoms with Crippen LogP contribution >= 0.6 is 0 Å². The van der Waals surface area contributed by atoms with Crippen molar-refractivity contribution in [2.75, 3.05) is 0 Å². The maximum atomic E-state index is 14.5. The van der Waals surface area contributed by atoms with Crippen LogP contribution in [0.5, 0.6) is 0 Å². The van der Waals surface area contributed by atoms with E-state index in [9.17, 15) is 49.0 Å². The fourth-order valence-corrected chi connectivity index (χ4v) is 10.3. The van der Waals surface area contributed by atoms with Crippen LogP contribution in [0.3, 0.4) is 0 Å². The van der Waals surface area contributed by atoms with Gasteiger partial charge in [-0.3, -0.25) is 0 Å². The average Bonchev–Trinajstić information content (AvgIpc) is 3.12. The number of allylic oxidation sites excluding steroid dienone is 2. The van der Waals surface area contributed by atoms with E-state index in [1.165, 1.54) is 64.2 Å². The normalized spacial score (nSPS) is 29.3. The molecule has 4 aliphatic rings. The highest BCUT2D eigenvalue weighted by molar-refractivity contribution is 5.67. The number of rotatable bonds is 8. The number of benzene rings is 2. The van der Waals surface area contributed by atoms with Gasteiger partial charge in [0.1, 0.15) is 34.4 Å². The quantitative estimate of drug-likeness (QED) is 0.264. The van der Waals surface area contributed by atoms with Crippen molar-refractivity contribution in [2.45, 2.75) is 154 Å². The summed E-state index contributed by atoms with van der Waals surface area (Å²) >= 11 is 0. The molecular weight excluding hydrogens is 734 g/mol. The molecule has 3 saturated carbocycles. The van der Waals surface area contributed by atoms with Crippen LogP contribution < -0.4 is 0 Å². The van der Waals surface area contributed by atoms with E-state index in [0.717, 1.165) is 55.7 Å². The summed E-state index contributed by atoms with van der Waals surface area (Å²) in [5, 5.41) is 10.9. The van der Waals surface area contributed by atoms with E-state index in [-0.39, 0.29) is 18.4 Å². The summed E-state index contributed by atoms with van der Waals surface area (Å²) in [6.45, 7) is 4.42. The van der Waals surface area contributed by atoms with Gasteiger partial charge in [0.15, 0.2) is 0 Å². The van der Waals surface area contributed by atoms with Crippen molar-refractivity contribution in [3.05, 3.63) is 75.9 Å². The van der Waals surface area contributed by atoms with Crippen LogP contribution in [-0.2, 0) is 18.0 Å². The van der Waals surface area contributed by atoms with Crippen LogP contribution in [0, 0.1) is 58.8 Å². The zero-order chi connectivity index (χ0) is 40.1. The summed E-state index contributed by atoms with van der Waals surface area (Å²) in [6, 6.07) is 3.45. The molecule has 1 nitrogen and oxygen atoms in total. The Kier molecular flexibility index (Phi) is 14.5. The number of hydrogen-bond donors (Lipinski definition) is 1. The molecule has 2 aromatic carbocycles. The van der Waals surface area contributed by atoms with Crippen LogP contribution in [0.25, 0.3) is 5.57 Å². The molecule has 0 amide bonds. The summed E-state index contributed by atoms with van der Waals surface area (Å²) in [6.07, 6.45) is 10.4. The van der Waals surface area contributed by atoms with Gasteiger partial charge in [-0.05, 0) is 130 Å². The summed E-state index contributed by atoms with van der Waals surface area (Å²) < 4.78 is 134. The zero-order valence-corrected chi connectivity index (χ0v) is 32.0. The molecule has 308 valence electrons. The van der Waals surface area contributed by atoms with Crippen molar-refractivity contribution in [2.24, 2.45) is 35.5 Å². The Morgan fingerprint density at radius 3 is 1.49 bits per heavy atom. The Bertz CT molecular complexity index is 1590. The summed E-state index contributed by atoms with van der Waals surface area (Å²) in [5.41, 5.74) is -5.30. The van der Waals surface area contributed by atoms with Crippen molar-refractivity contribution in [3.8, 4) is 0 Å². The fourth-order valence-electron chi connectivity index (χ4n) is 10.3. The lowest BCUT2D eigenvalue weighted by molar-refractivity contribution is -0.143. The van der Waals surface area contributed by atoms with E-state index in [1.54, 1.807) is 0 Å². The lowest BCUT2D eigenvalue weighted by Crippen LogP contribution is -2.36. The van der Waals surface area contributed by atoms with Gasteiger partial charge in [0.25, 0.3) is 0 Å². The molecule has 1 unspecified atom stereocenters. The monoisotopic (exact) mass is 790 g/mol. The molecule has 55 heavy (non-hydrogen) atoms. The third kappa shape index (κ3) is 10.5. The molecule has 11 heteroatoms. The van der Waals surface area contributed by atoms with Gasteiger partial charge in [-0.15, -0.1) is 0 Å². The summed E-state index contributed by atoms with van der Waals surface area (Å²) in [5.74, 6) is -2.50. The van der Waals surface area contributed by atoms with E-state index < -0.39 is 57.9 Å². The lowest BCUT2D eigenvalue weighted by Gasteiger charge is -2.41. The minimum Gasteiger partial charge on any atom is -0.385 e. The van der Waals surface area contributed by atoms with Crippen molar-refractivity contribution < 1.29 is 49.0 Å². The number of aliphatic hydroxyl groups is 1. The Labute approximate surface area is 319 Å². The first-order valence-electron chi connectivity index (χ1n) is 20.5. The van der Waals surface area contributed by atoms with Gasteiger partial charge >= 0.3 is 12.4 Å². The highest BCUT2D eigenvalue weighted by atomic mass is 19.4. The molecule has 0 radical (unpaired) electrons. The second kappa shape index (κ2) is 18.4.